The molecular formula is C9H8KO4. The van der Waals surface area contributed by atoms with Crippen LogP contribution in [-0.2, 0) is 4.74 Å². The molecule has 1 aromatic carbocycles. The fourth-order valence-electron chi connectivity index (χ4n) is 0.867. The molecule has 0 heterocycles. The molecule has 0 aliphatic carbocycles. The number of aromatic carboxylic acids is 1. The summed E-state index contributed by atoms with van der Waals surface area (Å²) in [5, 5.41) is 8.56. The Morgan fingerprint density at radius 3 is 1.93 bits per heavy atom. The van der Waals surface area contributed by atoms with E-state index in [9.17, 15) is 9.59 Å². The molecule has 69 valence electrons. The molecule has 0 aliphatic heterocycles. The third kappa shape index (κ3) is 3.51. The summed E-state index contributed by atoms with van der Waals surface area (Å²) < 4.78 is 4.45. The number of hydrogen-bond acceptors (Lipinski definition) is 3. The van der Waals surface area contributed by atoms with Gasteiger partial charge in [-0.15, -0.1) is 0 Å². The summed E-state index contributed by atoms with van der Waals surface area (Å²) in [6.45, 7) is 0. The number of carboxylic acids is 1. The van der Waals surface area contributed by atoms with Crippen molar-refractivity contribution in [3.63, 3.8) is 0 Å². The molecule has 5 heteroatoms. The van der Waals surface area contributed by atoms with Crippen LogP contribution in [0, 0.1) is 0 Å². The molecule has 4 nitrogen and oxygen atoms in total. The molecule has 0 atom stereocenters. The Morgan fingerprint density at radius 1 is 1.14 bits per heavy atom. The van der Waals surface area contributed by atoms with Gasteiger partial charge in [-0.25, -0.2) is 9.59 Å². The molecule has 1 aromatic rings. The van der Waals surface area contributed by atoms with Gasteiger partial charge < -0.3 is 9.84 Å². The largest absolute Gasteiger partial charge is 0.478 e. The van der Waals surface area contributed by atoms with Crippen LogP contribution < -0.4 is 0 Å². The molecule has 14 heavy (non-hydrogen) atoms. The van der Waals surface area contributed by atoms with E-state index in [2.05, 4.69) is 4.74 Å². The number of benzene rings is 1. The minimum absolute atomic E-state index is 0. The van der Waals surface area contributed by atoms with Crippen LogP contribution in [-0.4, -0.2) is 75.5 Å². The van der Waals surface area contributed by atoms with E-state index in [-0.39, 0.29) is 56.9 Å². The molecule has 0 fully saturated rings. The molecule has 1 radical (unpaired) electrons. The number of carboxylic acid groups (broad SMARTS) is 1. The molecule has 0 aromatic heterocycles. The maximum Gasteiger partial charge on any atom is 0.337 e. The van der Waals surface area contributed by atoms with E-state index in [4.69, 9.17) is 5.11 Å². The third-order valence-corrected chi connectivity index (χ3v) is 1.55. The van der Waals surface area contributed by atoms with Crippen molar-refractivity contribution < 1.29 is 19.4 Å². The van der Waals surface area contributed by atoms with Crippen LogP contribution in [0.1, 0.15) is 20.7 Å². The van der Waals surface area contributed by atoms with Crippen molar-refractivity contribution in [3.05, 3.63) is 35.4 Å². The van der Waals surface area contributed by atoms with Crippen LogP contribution >= 0.6 is 0 Å². The molecule has 0 amide bonds. The fourth-order valence-corrected chi connectivity index (χ4v) is 0.867. The quantitative estimate of drug-likeness (QED) is 0.590. The Morgan fingerprint density at radius 2 is 1.57 bits per heavy atom. The monoisotopic (exact) mass is 219 g/mol. The van der Waals surface area contributed by atoms with Crippen molar-refractivity contribution in [2.24, 2.45) is 0 Å². The second-order valence-corrected chi connectivity index (χ2v) is 2.37. The van der Waals surface area contributed by atoms with Crippen LogP contribution in [0.3, 0.4) is 0 Å². The van der Waals surface area contributed by atoms with Gasteiger partial charge in [-0.2, -0.15) is 0 Å². The van der Waals surface area contributed by atoms with Crippen LogP contribution in [0.5, 0.6) is 0 Å². The molecule has 0 saturated heterocycles. The van der Waals surface area contributed by atoms with Crippen molar-refractivity contribution in [2.45, 2.75) is 0 Å². The molecule has 1 N–H and O–H groups in total. The summed E-state index contributed by atoms with van der Waals surface area (Å²) in [4.78, 5) is 21.4. The van der Waals surface area contributed by atoms with Crippen LogP contribution in [0.2, 0.25) is 0 Å². The number of carbonyl (C=O) groups is 2. The topological polar surface area (TPSA) is 63.6 Å². The summed E-state index contributed by atoms with van der Waals surface area (Å²) >= 11 is 0. The number of esters is 1. The van der Waals surface area contributed by atoms with Crippen molar-refractivity contribution in [2.75, 3.05) is 7.11 Å². The predicted octanol–water partition coefficient (Wildman–Crippen LogP) is 0.791. The molecule has 0 bridgehead atoms. The van der Waals surface area contributed by atoms with Crippen LogP contribution in [0.15, 0.2) is 24.3 Å². The van der Waals surface area contributed by atoms with Gasteiger partial charge in [0.25, 0.3) is 0 Å². The SMILES string of the molecule is COC(=O)c1ccc(C(=O)O)cc1.[K]. The Hall–Kier alpha value is -0.204. The second-order valence-electron chi connectivity index (χ2n) is 2.37. The maximum atomic E-state index is 10.9. The minimum atomic E-state index is -1.02. The second kappa shape index (κ2) is 6.31. The van der Waals surface area contributed by atoms with Crippen LogP contribution in [0.4, 0.5) is 0 Å². The minimum Gasteiger partial charge on any atom is -0.478 e. The normalized spacial score (nSPS) is 8.64. The van der Waals surface area contributed by atoms with Crippen molar-refractivity contribution in [1.82, 2.24) is 0 Å². The van der Waals surface area contributed by atoms with Gasteiger partial charge in [0.2, 0.25) is 0 Å². The Labute approximate surface area is 124 Å². The average Bonchev–Trinajstić information content (AvgIpc) is 2.17. The standard InChI is InChI=1S/C9H8O4.K/c1-13-9(12)7-4-2-6(3-5-7)8(10)11;/h2-5H,1H3,(H,10,11);. The molecule has 1 rings (SSSR count). The van der Waals surface area contributed by atoms with Crippen molar-refractivity contribution >= 4 is 63.3 Å². The van der Waals surface area contributed by atoms with Gasteiger partial charge in [0.15, 0.2) is 0 Å². The molecule has 0 aliphatic rings. The van der Waals surface area contributed by atoms with Gasteiger partial charge in [-0.1, -0.05) is 0 Å². The van der Waals surface area contributed by atoms with E-state index in [0.717, 1.165) is 0 Å². The maximum absolute atomic E-state index is 10.9. The Bertz CT molecular complexity index is 331. The molecule has 0 saturated carbocycles. The number of methoxy groups -OCH3 is 1. The third-order valence-electron chi connectivity index (χ3n) is 1.55. The number of hydrogen-bond donors (Lipinski definition) is 1. The molecule has 0 unspecified atom stereocenters. The predicted molar refractivity (Wildman–Crippen MR) is 50.5 cm³/mol. The van der Waals surface area contributed by atoms with Gasteiger partial charge in [-0.05, 0) is 24.3 Å². The van der Waals surface area contributed by atoms with E-state index in [1.807, 2.05) is 0 Å². The zero-order chi connectivity index (χ0) is 9.84. The van der Waals surface area contributed by atoms with Crippen molar-refractivity contribution in [3.8, 4) is 0 Å². The van der Waals surface area contributed by atoms with Gasteiger partial charge in [0, 0.05) is 51.4 Å². The van der Waals surface area contributed by atoms with Crippen molar-refractivity contribution in [1.29, 1.82) is 0 Å². The first-order valence-electron chi connectivity index (χ1n) is 3.57. The Kier molecular flexibility index (Phi) is 6.22. The summed E-state index contributed by atoms with van der Waals surface area (Å²) in [5.74, 6) is -1.49. The van der Waals surface area contributed by atoms with Gasteiger partial charge in [-0.3, -0.25) is 0 Å². The average molecular weight is 219 g/mol. The summed E-state index contributed by atoms with van der Waals surface area (Å²) in [5.41, 5.74) is 0.486. The van der Waals surface area contributed by atoms with Gasteiger partial charge in [0.1, 0.15) is 0 Å². The number of ether oxygens (including phenoxy) is 1. The van der Waals surface area contributed by atoms with E-state index < -0.39 is 11.9 Å². The summed E-state index contributed by atoms with van der Waals surface area (Å²) in [7, 11) is 1.27. The van der Waals surface area contributed by atoms with E-state index in [1.165, 1.54) is 31.4 Å². The first-order chi connectivity index (χ1) is 6.15. The number of carbonyl (C=O) groups excluding carboxylic acids is 1. The molecule has 0 spiro atoms. The fraction of sp³-hybridized carbons (Fsp3) is 0.111. The van der Waals surface area contributed by atoms with E-state index in [1.54, 1.807) is 0 Å². The van der Waals surface area contributed by atoms with Crippen LogP contribution in [0.25, 0.3) is 0 Å². The first kappa shape index (κ1) is 13.8. The summed E-state index contributed by atoms with van der Waals surface area (Å²) in [6.07, 6.45) is 0. The van der Waals surface area contributed by atoms with E-state index >= 15 is 0 Å². The number of rotatable bonds is 2. The smallest absolute Gasteiger partial charge is 0.337 e. The first-order valence-corrected chi connectivity index (χ1v) is 3.57. The molecular weight excluding hydrogens is 211 g/mol. The Balaban J connectivity index is 0.00000169. The zero-order valence-electron chi connectivity index (χ0n) is 7.98. The summed E-state index contributed by atoms with van der Waals surface area (Å²) in [6, 6.07) is 5.54. The van der Waals surface area contributed by atoms with E-state index in [0.29, 0.717) is 5.56 Å². The van der Waals surface area contributed by atoms with Gasteiger partial charge >= 0.3 is 11.9 Å². The zero-order valence-corrected chi connectivity index (χ0v) is 11.1. The van der Waals surface area contributed by atoms with Gasteiger partial charge in [0.05, 0.1) is 18.2 Å².